The van der Waals surface area contributed by atoms with E-state index < -0.39 is 29.0 Å². The Morgan fingerprint density at radius 2 is 1.72 bits per heavy atom. The summed E-state index contributed by atoms with van der Waals surface area (Å²) in [5.41, 5.74) is 0.532. The Kier molecular flexibility index (Phi) is 5.21. The first-order valence-corrected chi connectivity index (χ1v) is 8.22. The third kappa shape index (κ3) is 3.92. The van der Waals surface area contributed by atoms with Gasteiger partial charge in [-0.15, -0.1) is 0 Å². The van der Waals surface area contributed by atoms with Crippen molar-refractivity contribution in [2.45, 2.75) is 25.7 Å². The van der Waals surface area contributed by atoms with Crippen LogP contribution in [-0.4, -0.2) is 24.0 Å². The first-order valence-electron chi connectivity index (χ1n) is 8.22. The average molecular weight is 349 g/mol. The summed E-state index contributed by atoms with van der Waals surface area (Å²) in [7, 11) is 0. The van der Waals surface area contributed by atoms with Crippen molar-refractivity contribution in [1.29, 1.82) is 0 Å². The molecule has 0 radical (unpaired) electrons. The highest BCUT2D eigenvalue weighted by Crippen LogP contribution is 2.22. The van der Waals surface area contributed by atoms with Gasteiger partial charge in [0.2, 0.25) is 0 Å². The van der Waals surface area contributed by atoms with E-state index in [-0.39, 0.29) is 5.69 Å². The largest absolute Gasteiger partial charge is 0.371 e. The summed E-state index contributed by atoms with van der Waals surface area (Å²) in [4.78, 5) is 18.5. The van der Waals surface area contributed by atoms with Crippen molar-refractivity contribution in [3.63, 3.8) is 0 Å². The second-order valence-electron chi connectivity index (χ2n) is 5.98. The van der Waals surface area contributed by atoms with Crippen LogP contribution in [0.1, 0.15) is 36.2 Å². The number of pyridine rings is 1. The van der Waals surface area contributed by atoms with Gasteiger partial charge in [-0.3, -0.25) is 9.78 Å². The van der Waals surface area contributed by atoms with E-state index in [9.17, 15) is 18.0 Å². The number of nitrogens with one attached hydrogen (secondary N) is 1. The van der Waals surface area contributed by atoms with Crippen molar-refractivity contribution < 1.29 is 18.0 Å². The van der Waals surface area contributed by atoms with Gasteiger partial charge in [0.15, 0.2) is 17.5 Å². The first kappa shape index (κ1) is 17.3. The maximum Gasteiger partial charge on any atom is 0.274 e. The fourth-order valence-corrected chi connectivity index (χ4v) is 2.88. The van der Waals surface area contributed by atoms with E-state index in [0.717, 1.165) is 43.8 Å². The molecule has 0 aliphatic carbocycles. The van der Waals surface area contributed by atoms with E-state index in [1.54, 1.807) is 6.07 Å². The third-order valence-electron chi connectivity index (χ3n) is 4.23. The predicted octanol–water partition coefficient (Wildman–Crippen LogP) is 4.13. The molecule has 1 amide bonds. The Labute approximate surface area is 143 Å². The first-order chi connectivity index (χ1) is 12.1. The number of anilines is 2. The van der Waals surface area contributed by atoms with Crippen LogP contribution in [0.4, 0.5) is 24.5 Å². The van der Waals surface area contributed by atoms with Gasteiger partial charge in [0.1, 0.15) is 5.69 Å². The molecule has 2 aromatic rings. The molecule has 1 aliphatic rings. The highest BCUT2D eigenvalue weighted by atomic mass is 19.2. The van der Waals surface area contributed by atoms with Gasteiger partial charge in [0, 0.05) is 25.0 Å². The van der Waals surface area contributed by atoms with Gasteiger partial charge in [-0.2, -0.15) is 0 Å². The molecule has 7 heteroatoms. The van der Waals surface area contributed by atoms with Crippen LogP contribution in [0.3, 0.4) is 0 Å². The van der Waals surface area contributed by atoms with Gasteiger partial charge >= 0.3 is 0 Å². The highest BCUT2D eigenvalue weighted by molar-refractivity contribution is 6.03. The number of hydrogen-bond acceptors (Lipinski definition) is 3. The summed E-state index contributed by atoms with van der Waals surface area (Å²) in [6, 6.07) is 5.18. The Morgan fingerprint density at radius 1 is 1.00 bits per heavy atom. The van der Waals surface area contributed by atoms with E-state index >= 15 is 0 Å². The number of benzene rings is 1. The van der Waals surface area contributed by atoms with Gasteiger partial charge in [0.25, 0.3) is 5.91 Å². The van der Waals surface area contributed by atoms with Crippen LogP contribution < -0.4 is 10.2 Å². The third-order valence-corrected chi connectivity index (χ3v) is 4.23. The summed E-state index contributed by atoms with van der Waals surface area (Å²) in [5.74, 6) is -5.04. The van der Waals surface area contributed by atoms with Crippen LogP contribution >= 0.6 is 0 Å². The molecule has 0 saturated carbocycles. The number of rotatable bonds is 3. The monoisotopic (exact) mass is 349 g/mol. The lowest BCUT2D eigenvalue weighted by Crippen LogP contribution is -2.24. The minimum Gasteiger partial charge on any atom is -0.371 e. The van der Waals surface area contributed by atoms with Crippen LogP contribution in [0.2, 0.25) is 0 Å². The molecule has 1 aliphatic heterocycles. The van der Waals surface area contributed by atoms with Gasteiger partial charge in [-0.1, -0.05) is 12.8 Å². The summed E-state index contributed by atoms with van der Waals surface area (Å²) >= 11 is 0. The molecule has 4 nitrogen and oxygen atoms in total. The fourth-order valence-electron chi connectivity index (χ4n) is 2.88. The number of nitrogens with zero attached hydrogens (tertiary/aromatic N) is 2. The molecular formula is C18H18F3N3O. The zero-order chi connectivity index (χ0) is 17.8. The molecule has 0 spiro atoms. The lowest BCUT2D eigenvalue weighted by molar-refractivity contribution is 0.102. The number of carbonyl (C=O) groups is 1. The summed E-state index contributed by atoms with van der Waals surface area (Å²) in [6.07, 6.45) is 6.05. The fraction of sp³-hybridized carbons (Fsp3) is 0.333. The Morgan fingerprint density at radius 3 is 2.44 bits per heavy atom. The van der Waals surface area contributed by atoms with Crippen LogP contribution in [-0.2, 0) is 0 Å². The van der Waals surface area contributed by atoms with Gasteiger partial charge in [0.05, 0.1) is 5.69 Å². The van der Waals surface area contributed by atoms with Crippen LogP contribution in [0.15, 0.2) is 30.5 Å². The highest BCUT2D eigenvalue weighted by Gasteiger charge is 2.18. The van der Waals surface area contributed by atoms with E-state index in [0.29, 0.717) is 0 Å². The second kappa shape index (κ2) is 7.55. The SMILES string of the molecule is O=C(Nc1ccc(F)c(F)c1F)c1cc(N2CCCCCC2)ccn1. The maximum absolute atomic E-state index is 13.7. The van der Waals surface area contributed by atoms with E-state index in [1.165, 1.54) is 19.0 Å². The number of hydrogen-bond donors (Lipinski definition) is 1. The molecule has 0 atom stereocenters. The standard InChI is InChI=1S/C18H18F3N3O/c19-13-5-6-14(17(21)16(13)20)23-18(25)15-11-12(7-8-22-15)24-9-3-1-2-4-10-24/h5-8,11H,1-4,9-10H2,(H,23,25). The molecule has 0 unspecified atom stereocenters. The van der Waals surface area contributed by atoms with Crippen molar-refractivity contribution in [1.82, 2.24) is 4.98 Å². The summed E-state index contributed by atoms with van der Waals surface area (Å²) < 4.78 is 39.9. The molecule has 3 rings (SSSR count). The van der Waals surface area contributed by atoms with E-state index in [1.807, 2.05) is 6.07 Å². The van der Waals surface area contributed by atoms with Crippen LogP contribution in [0, 0.1) is 17.5 Å². The van der Waals surface area contributed by atoms with Crippen molar-refractivity contribution in [2.75, 3.05) is 23.3 Å². The topological polar surface area (TPSA) is 45.2 Å². The molecule has 0 bridgehead atoms. The number of halogens is 3. The smallest absolute Gasteiger partial charge is 0.274 e. The van der Waals surface area contributed by atoms with Crippen molar-refractivity contribution in [3.05, 3.63) is 53.6 Å². The molecule has 25 heavy (non-hydrogen) atoms. The Balaban J connectivity index is 1.78. The van der Waals surface area contributed by atoms with Crippen molar-refractivity contribution in [2.24, 2.45) is 0 Å². The van der Waals surface area contributed by atoms with Gasteiger partial charge in [-0.05, 0) is 37.1 Å². The van der Waals surface area contributed by atoms with Gasteiger partial charge in [-0.25, -0.2) is 13.2 Å². The lowest BCUT2D eigenvalue weighted by atomic mass is 10.2. The molecule has 1 fully saturated rings. The molecule has 1 saturated heterocycles. The molecule has 1 aromatic carbocycles. The minimum atomic E-state index is -1.62. The molecule has 1 N–H and O–H groups in total. The summed E-state index contributed by atoms with van der Waals surface area (Å²) in [6.45, 7) is 1.81. The lowest BCUT2D eigenvalue weighted by Gasteiger charge is -2.22. The normalized spacial score (nSPS) is 14.9. The van der Waals surface area contributed by atoms with Crippen LogP contribution in [0.5, 0.6) is 0 Å². The number of amides is 1. The van der Waals surface area contributed by atoms with Crippen molar-refractivity contribution >= 4 is 17.3 Å². The average Bonchev–Trinajstić information content (AvgIpc) is 2.92. The quantitative estimate of drug-likeness (QED) is 0.848. The minimum absolute atomic E-state index is 0.0888. The number of aromatic nitrogens is 1. The predicted molar refractivity (Wildman–Crippen MR) is 89.2 cm³/mol. The second-order valence-corrected chi connectivity index (χ2v) is 5.98. The van der Waals surface area contributed by atoms with Crippen molar-refractivity contribution in [3.8, 4) is 0 Å². The van der Waals surface area contributed by atoms with E-state index in [2.05, 4.69) is 15.2 Å². The molecular weight excluding hydrogens is 331 g/mol. The zero-order valence-corrected chi connectivity index (χ0v) is 13.6. The van der Waals surface area contributed by atoms with E-state index in [4.69, 9.17) is 0 Å². The zero-order valence-electron chi connectivity index (χ0n) is 13.6. The number of carbonyl (C=O) groups excluding carboxylic acids is 1. The Bertz CT molecular complexity index is 774. The summed E-state index contributed by atoms with van der Waals surface area (Å²) in [5, 5.41) is 2.24. The molecule has 132 valence electrons. The molecule has 1 aromatic heterocycles. The maximum atomic E-state index is 13.7. The Hall–Kier alpha value is -2.57. The van der Waals surface area contributed by atoms with Gasteiger partial charge < -0.3 is 10.2 Å². The molecule has 2 heterocycles. The van der Waals surface area contributed by atoms with Crippen LogP contribution in [0.25, 0.3) is 0 Å².